The zero-order valence-corrected chi connectivity index (χ0v) is 10.6. The van der Waals surface area contributed by atoms with Crippen molar-refractivity contribution in [3.8, 4) is 0 Å². The maximum atomic E-state index is 5.66. The smallest absolute Gasteiger partial charge is 0.0233 e. The Hall–Kier alpha value is 0.640. The molecule has 0 spiro atoms. The lowest BCUT2D eigenvalue weighted by atomic mass is 10.2. The number of alkyl halides is 1. The molecule has 0 saturated carbocycles. The number of unbranched alkanes of at least 4 members (excludes halogenated alkanes) is 4. The molecule has 0 rings (SSSR count). The van der Waals surface area contributed by atoms with Crippen LogP contribution in [0.3, 0.4) is 0 Å². The van der Waals surface area contributed by atoms with E-state index in [0.717, 1.165) is 17.6 Å². The van der Waals surface area contributed by atoms with Gasteiger partial charge in [-0.05, 0) is 18.6 Å². The predicted octanol–water partition coefficient (Wildman–Crippen LogP) is 4.71. The molecule has 0 saturated heterocycles. The van der Waals surface area contributed by atoms with Crippen molar-refractivity contribution >= 4 is 23.4 Å². The molecule has 0 heterocycles. The van der Waals surface area contributed by atoms with Crippen LogP contribution in [0.25, 0.3) is 0 Å². The molecule has 0 aliphatic rings. The lowest BCUT2D eigenvalue weighted by Gasteiger charge is -2.08. The van der Waals surface area contributed by atoms with Crippen LogP contribution in [-0.2, 0) is 0 Å². The maximum absolute atomic E-state index is 5.66. The molecular weight excluding hydrogens is 200 g/mol. The first-order valence-corrected chi connectivity index (χ1v) is 7.07. The molecule has 2 heteroatoms. The van der Waals surface area contributed by atoms with E-state index in [1.54, 1.807) is 0 Å². The number of hydrogen-bond acceptors (Lipinski definition) is 1. The van der Waals surface area contributed by atoms with Crippen LogP contribution in [0.4, 0.5) is 0 Å². The van der Waals surface area contributed by atoms with Gasteiger partial charge < -0.3 is 0 Å². The first-order chi connectivity index (χ1) is 6.31. The minimum Gasteiger partial charge on any atom is -0.159 e. The summed E-state index contributed by atoms with van der Waals surface area (Å²) in [4.78, 5) is 0. The summed E-state index contributed by atoms with van der Waals surface area (Å²) in [5.41, 5.74) is 0. The molecule has 0 aliphatic heterocycles. The minimum atomic E-state index is 0.753. The van der Waals surface area contributed by atoms with E-state index < -0.39 is 0 Å². The van der Waals surface area contributed by atoms with E-state index in [1.165, 1.54) is 37.9 Å². The Kier molecular flexibility index (Phi) is 11.2. The third-order valence-corrected chi connectivity index (χ3v) is 3.71. The largest absolute Gasteiger partial charge is 0.159 e. The lowest BCUT2D eigenvalue weighted by molar-refractivity contribution is 0.659. The molecule has 0 aromatic rings. The quantitative estimate of drug-likeness (QED) is 0.402. The molecule has 1 unspecified atom stereocenters. The van der Waals surface area contributed by atoms with Gasteiger partial charge >= 0.3 is 0 Å². The molecule has 13 heavy (non-hydrogen) atoms. The van der Waals surface area contributed by atoms with Crippen molar-refractivity contribution in [1.29, 1.82) is 0 Å². The third kappa shape index (κ3) is 10.6. The van der Waals surface area contributed by atoms with Crippen LogP contribution in [0.15, 0.2) is 0 Å². The van der Waals surface area contributed by atoms with Gasteiger partial charge in [0.2, 0.25) is 0 Å². The van der Waals surface area contributed by atoms with Gasteiger partial charge in [0.25, 0.3) is 0 Å². The van der Waals surface area contributed by atoms with Gasteiger partial charge in [-0.3, -0.25) is 0 Å². The number of hydrogen-bond donors (Lipinski definition) is 0. The highest BCUT2D eigenvalue weighted by Crippen LogP contribution is 2.17. The minimum absolute atomic E-state index is 0.753. The van der Waals surface area contributed by atoms with Crippen molar-refractivity contribution in [3.05, 3.63) is 0 Å². The lowest BCUT2D eigenvalue weighted by Crippen LogP contribution is -1.98. The molecule has 1 atom stereocenters. The highest BCUT2D eigenvalue weighted by Gasteiger charge is 2.00. The normalized spacial score (nSPS) is 13.2. The summed E-state index contributed by atoms with van der Waals surface area (Å²) in [6.45, 7) is 4.54. The van der Waals surface area contributed by atoms with Crippen LogP contribution in [0.2, 0.25) is 0 Å². The summed E-state index contributed by atoms with van der Waals surface area (Å²) in [6.07, 6.45) is 8.12. The van der Waals surface area contributed by atoms with Gasteiger partial charge in [0.1, 0.15) is 0 Å². The van der Waals surface area contributed by atoms with Crippen LogP contribution in [0.5, 0.6) is 0 Å². The number of rotatable bonds is 9. The Morgan fingerprint density at radius 2 is 1.85 bits per heavy atom. The number of halogens is 1. The van der Waals surface area contributed by atoms with E-state index in [-0.39, 0.29) is 0 Å². The summed E-state index contributed by atoms with van der Waals surface area (Å²) in [5.74, 6) is 2.13. The van der Waals surface area contributed by atoms with Crippen molar-refractivity contribution in [2.75, 3.05) is 11.6 Å². The van der Waals surface area contributed by atoms with Crippen molar-refractivity contribution in [2.24, 2.45) is 0 Å². The van der Waals surface area contributed by atoms with Crippen LogP contribution in [0, 0.1) is 0 Å². The van der Waals surface area contributed by atoms with Gasteiger partial charge in [-0.2, -0.15) is 11.8 Å². The van der Waals surface area contributed by atoms with Crippen molar-refractivity contribution < 1.29 is 0 Å². The molecular formula is C11H23ClS. The summed E-state index contributed by atoms with van der Waals surface area (Å²) >= 11 is 7.74. The van der Waals surface area contributed by atoms with Crippen LogP contribution < -0.4 is 0 Å². The molecule has 80 valence electrons. The molecule has 0 fully saturated rings. The highest BCUT2D eigenvalue weighted by atomic mass is 35.5. The Morgan fingerprint density at radius 1 is 1.15 bits per heavy atom. The van der Waals surface area contributed by atoms with Crippen LogP contribution >= 0.6 is 23.4 Å². The second-order valence-electron chi connectivity index (χ2n) is 3.57. The molecule has 0 aliphatic carbocycles. The fourth-order valence-electron chi connectivity index (χ4n) is 1.23. The molecule has 0 bridgehead atoms. The number of thioether (sulfide) groups is 1. The molecule has 0 aromatic carbocycles. The van der Waals surface area contributed by atoms with E-state index in [4.69, 9.17) is 11.6 Å². The van der Waals surface area contributed by atoms with E-state index >= 15 is 0 Å². The topological polar surface area (TPSA) is 0 Å². The predicted molar refractivity (Wildman–Crippen MR) is 66.0 cm³/mol. The van der Waals surface area contributed by atoms with E-state index in [9.17, 15) is 0 Å². The first-order valence-electron chi connectivity index (χ1n) is 5.48. The second kappa shape index (κ2) is 10.7. The molecule has 0 nitrogen and oxygen atoms in total. The fourth-order valence-corrected chi connectivity index (χ4v) is 2.74. The highest BCUT2D eigenvalue weighted by molar-refractivity contribution is 7.99. The van der Waals surface area contributed by atoms with E-state index in [0.29, 0.717) is 0 Å². The summed E-state index contributed by atoms with van der Waals surface area (Å²) in [7, 11) is 0. The van der Waals surface area contributed by atoms with Crippen molar-refractivity contribution in [2.45, 2.75) is 57.6 Å². The van der Waals surface area contributed by atoms with Crippen molar-refractivity contribution in [1.82, 2.24) is 0 Å². The SMILES string of the molecule is CCCCCCCSC(C)CCCl. The summed E-state index contributed by atoms with van der Waals surface area (Å²) in [6, 6.07) is 0. The fraction of sp³-hybridized carbons (Fsp3) is 1.00. The maximum Gasteiger partial charge on any atom is 0.0233 e. The molecule has 0 amide bonds. The second-order valence-corrected chi connectivity index (χ2v) is 5.50. The first kappa shape index (κ1) is 13.6. The van der Waals surface area contributed by atoms with Gasteiger partial charge in [0.15, 0.2) is 0 Å². The Balaban J connectivity index is 2.97. The average molecular weight is 223 g/mol. The van der Waals surface area contributed by atoms with Crippen LogP contribution in [0.1, 0.15) is 52.4 Å². The van der Waals surface area contributed by atoms with Crippen molar-refractivity contribution in [3.63, 3.8) is 0 Å². The molecule has 0 radical (unpaired) electrons. The Morgan fingerprint density at radius 3 is 2.46 bits per heavy atom. The van der Waals surface area contributed by atoms with Gasteiger partial charge in [0, 0.05) is 11.1 Å². The van der Waals surface area contributed by atoms with E-state index in [1.807, 2.05) is 0 Å². The monoisotopic (exact) mass is 222 g/mol. The Bertz CT molecular complexity index is 96.1. The molecule has 0 N–H and O–H groups in total. The Labute approximate surface area is 92.8 Å². The van der Waals surface area contributed by atoms with Gasteiger partial charge in [-0.15, -0.1) is 11.6 Å². The van der Waals surface area contributed by atoms with E-state index in [2.05, 4.69) is 25.6 Å². The summed E-state index contributed by atoms with van der Waals surface area (Å²) < 4.78 is 0. The van der Waals surface area contributed by atoms with Gasteiger partial charge in [-0.1, -0.05) is 39.5 Å². The molecule has 0 aromatic heterocycles. The zero-order valence-electron chi connectivity index (χ0n) is 9.02. The standard InChI is InChI=1S/C11H23ClS/c1-3-4-5-6-7-10-13-11(2)8-9-12/h11H,3-10H2,1-2H3. The summed E-state index contributed by atoms with van der Waals surface area (Å²) in [5, 5.41) is 0.753. The zero-order chi connectivity index (χ0) is 9.94. The van der Waals surface area contributed by atoms with Gasteiger partial charge in [-0.25, -0.2) is 0 Å². The average Bonchev–Trinajstić information content (AvgIpc) is 2.11. The van der Waals surface area contributed by atoms with Crippen LogP contribution in [-0.4, -0.2) is 16.9 Å². The van der Waals surface area contributed by atoms with Gasteiger partial charge in [0.05, 0.1) is 0 Å². The third-order valence-electron chi connectivity index (χ3n) is 2.17.